The molecule has 0 aliphatic carbocycles. The van der Waals surface area contributed by atoms with Crippen LogP contribution in [0.4, 0.5) is 5.82 Å². The largest absolute Gasteiger partial charge is 0.369 e. The van der Waals surface area contributed by atoms with E-state index in [1.54, 1.807) is 19.0 Å². The Morgan fingerprint density at radius 3 is 2.49 bits per heavy atom. The molecule has 39 heavy (non-hydrogen) atoms. The molecule has 3 rings (SSSR count). The van der Waals surface area contributed by atoms with Crippen LogP contribution in [0.25, 0.3) is 11.2 Å². The van der Waals surface area contributed by atoms with Crippen LogP contribution in [-0.2, 0) is 13.8 Å². The zero-order valence-electron chi connectivity index (χ0n) is 24.2. The van der Waals surface area contributed by atoms with Crippen LogP contribution in [0.2, 0.25) is 0 Å². The predicted molar refractivity (Wildman–Crippen MR) is 153 cm³/mol. The predicted octanol–water partition coefficient (Wildman–Crippen LogP) is 3.59. The van der Waals surface area contributed by atoms with E-state index in [1.807, 2.05) is 42.6 Å². The highest BCUT2D eigenvalue weighted by Crippen LogP contribution is 2.47. The Morgan fingerprint density at radius 2 is 1.85 bits per heavy atom. The molecule has 2 aromatic rings. The standard InChI is InChI=1S/C25H41N10O3P/c1-18(2)35(19(3)4)39(36-11-9-10-26)37-13-21-20(29-15-32(5)6)12-22(38-21)34-17-30-23-24(31-16-33(7)8)27-14-28-25(23)34/h14-22H,9,11-13H2,1-8H3/b29-15-,31-16-/t20-,21+,22+,39?/m0/s1. The Bertz CT molecular complexity index is 1140. The van der Waals surface area contributed by atoms with Gasteiger partial charge in [-0.2, -0.15) is 5.26 Å². The van der Waals surface area contributed by atoms with E-state index in [-0.39, 0.29) is 30.5 Å². The van der Waals surface area contributed by atoms with Gasteiger partial charge in [0.15, 0.2) is 17.0 Å². The molecule has 0 amide bonds. The first-order valence-electron chi connectivity index (χ1n) is 13.1. The lowest BCUT2D eigenvalue weighted by Crippen LogP contribution is -2.35. The van der Waals surface area contributed by atoms with Gasteiger partial charge in [0.05, 0.1) is 50.8 Å². The highest BCUT2D eigenvalue weighted by atomic mass is 31.2. The fourth-order valence-corrected chi connectivity index (χ4v) is 5.79. The van der Waals surface area contributed by atoms with Crippen molar-refractivity contribution in [3.63, 3.8) is 0 Å². The maximum atomic E-state index is 9.00. The molecule has 4 atom stereocenters. The van der Waals surface area contributed by atoms with Gasteiger partial charge in [-0.05, 0) is 27.7 Å². The van der Waals surface area contributed by atoms with E-state index in [9.17, 15) is 0 Å². The molecule has 14 heteroatoms. The number of aliphatic imine (C=N–C) groups is 2. The highest BCUT2D eigenvalue weighted by Gasteiger charge is 2.39. The van der Waals surface area contributed by atoms with Gasteiger partial charge in [-0.15, -0.1) is 0 Å². The van der Waals surface area contributed by atoms with E-state index in [1.165, 1.54) is 6.33 Å². The molecule has 1 fully saturated rings. The molecule has 13 nitrogen and oxygen atoms in total. The summed E-state index contributed by atoms with van der Waals surface area (Å²) in [5.41, 5.74) is 1.25. The van der Waals surface area contributed by atoms with Gasteiger partial charge >= 0.3 is 0 Å². The molecular formula is C25H41N10O3P. The van der Waals surface area contributed by atoms with Crippen LogP contribution >= 0.6 is 8.53 Å². The molecule has 0 aromatic carbocycles. The van der Waals surface area contributed by atoms with Gasteiger partial charge in [-0.25, -0.2) is 24.6 Å². The van der Waals surface area contributed by atoms with E-state index in [2.05, 4.69) is 58.4 Å². The van der Waals surface area contributed by atoms with Crippen molar-refractivity contribution in [1.82, 2.24) is 34.0 Å². The molecule has 1 saturated heterocycles. The van der Waals surface area contributed by atoms with Crippen LogP contribution in [0.3, 0.4) is 0 Å². The number of rotatable bonds is 14. The Labute approximate surface area is 232 Å². The summed E-state index contributed by atoms with van der Waals surface area (Å²) < 4.78 is 23.1. The number of fused-ring (bicyclic) bond motifs is 1. The number of imidazole rings is 1. The first kappa shape index (κ1) is 30.8. The van der Waals surface area contributed by atoms with Crippen molar-refractivity contribution < 1.29 is 13.8 Å². The summed E-state index contributed by atoms with van der Waals surface area (Å²) in [5, 5.41) is 9.00. The summed E-state index contributed by atoms with van der Waals surface area (Å²) in [6.07, 6.45) is 6.94. The Hall–Kier alpha value is -2.75. The summed E-state index contributed by atoms with van der Waals surface area (Å²) >= 11 is 0. The van der Waals surface area contributed by atoms with Crippen LogP contribution < -0.4 is 0 Å². The maximum absolute atomic E-state index is 9.00. The second-order valence-electron chi connectivity index (χ2n) is 10.2. The Kier molecular flexibility index (Phi) is 11.5. The van der Waals surface area contributed by atoms with E-state index >= 15 is 0 Å². The topological polar surface area (TPSA) is 130 Å². The monoisotopic (exact) mass is 560 g/mol. The van der Waals surface area contributed by atoms with Crippen LogP contribution in [0.15, 0.2) is 22.6 Å². The van der Waals surface area contributed by atoms with Gasteiger partial charge < -0.3 is 23.6 Å². The lowest BCUT2D eigenvalue weighted by atomic mass is 10.1. The number of nitrogens with zero attached hydrogens (tertiary/aromatic N) is 10. The van der Waals surface area contributed by atoms with Crippen molar-refractivity contribution in [1.29, 1.82) is 5.26 Å². The Morgan fingerprint density at radius 1 is 1.13 bits per heavy atom. The second-order valence-corrected chi connectivity index (χ2v) is 11.7. The van der Waals surface area contributed by atoms with Gasteiger partial charge in [-0.3, -0.25) is 9.56 Å². The smallest absolute Gasteiger partial charge is 0.259 e. The quantitative estimate of drug-likeness (QED) is 0.146. The van der Waals surface area contributed by atoms with E-state index in [4.69, 9.17) is 24.0 Å². The zero-order valence-corrected chi connectivity index (χ0v) is 25.1. The third-order valence-electron chi connectivity index (χ3n) is 5.77. The zero-order chi connectivity index (χ0) is 28.5. The van der Waals surface area contributed by atoms with Crippen molar-refractivity contribution in [3.05, 3.63) is 12.7 Å². The molecule has 0 saturated carbocycles. The fourth-order valence-electron chi connectivity index (χ4n) is 4.18. The van der Waals surface area contributed by atoms with Crippen LogP contribution in [0, 0.1) is 11.3 Å². The average molecular weight is 561 g/mol. The fraction of sp³-hybridized carbons (Fsp3) is 0.680. The molecule has 1 unspecified atom stereocenters. The van der Waals surface area contributed by atoms with Crippen molar-refractivity contribution >= 4 is 38.2 Å². The summed E-state index contributed by atoms with van der Waals surface area (Å²) in [5.74, 6) is 0.495. The van der Waals surface area contributed by atoms with Gasteiger partial charge in [-0.1, -0.05) is 0 Å². The third-order valence-corrected chi connectivity index (χ3v) is 7.84. The number of hydrogen-bond acceptors (Lipinski definition) is 10. The molecule has 0 N–H and O–H groups in total. The first-order chi connectivity index (χ1) is 18.6. The van der Waals surface area contributed by atoms with Crippen molar-refractivity contribution in [3.8, 4) is 6.07 Å². The maximum Gasteiger partial charge on any atom is 0.259 e. The lowest BCUT2D eigenvalue weighted by Gasteiger charge is -2.36. The van der Waals surface area contributed by atoms with Crippen LogP contribution in [-0.4, -0.2) is 112 Å². The molecule has 0 spiro atoms. The number of aromatic nitrogens is 4. The van der Waals surface area contributed by atoms with E-state index in [0.717, 1.165) is 0 Å². The van der Waals surface area contributed by atoms with Crippen molar-refractivity contribution in [2.45, 2.75) is 71.0 Å². The summed E-state index contributed by atoms with van der Waals surface area (Å²) in [4.78, 5) is 26.2. The van der Waals surface area contributed by atoms with Gasteiger partial charge in [0.25, 0.3) is 8.53 Å². The molecule has 3 heterocycles. The summed E-state index contributed by atoms with van der Waals surface area (Å²) in [6.45, 7) is 9.06. The van der Waals surface area contributed by atoms with E-state index in [0.29, 0.717) is 43.0 Å². The molecule has 0 bridgehead atoms. The molecular weight excluding hydrogens is 519 g/mol. The van der Waals surface area contributed by atoms with Gasteiger partial charge in [0.2, 0.25) is 0 Å². The van der Waals surface area contributed by atoms with E-state index < -0.39 is 8.53 Å². The molecule has 0 radical (unpaired) electrons. The first-order valence-corrected chi connectivity index (χ1v) is 14.2. The number of hydrogen-bond donors (Lipinski definition) is 0. The number of ether oxygens (including phenoxy) is 1. The molecule has 1 aliphatic rings. The van der Waals surface area contributed by atoms with Gasteiger partial charge in [0, 0.05) is 46.7 Å². The minimum atomic E-state index is -1.39. The van der Waals surface area contributed by atoms with Crippen LogP contribution in [0.5, 0.6) is 0 Å². The average Bonchev–Trinajstić information content (AvgIpc) is 3.48. The normalized spacial score (nSPS) is 20.7. The molecule has 1 aliphatic heterocycles. The lowest BCUT2D eigenvalue weighted by molar-refractivity contribution is -0.0211. The highest BCUT2D eigenvalue weighted by molar-refractivity contribution is 7.44. The van der Waals surface area contributed by atoms with Crippen molar-refractivity contribution in [2.75, 3.05) is 41.4 Å². The van der Waals surface area contributed by atoms with Gasteiger partial charge in [0.1, 0.15) is 18.7 Å². The molecule has 2 aromatic heterocycles. The third kappa shape index (κ3) is 8.37. The SMILES string of the molecule is CC(C)N(C(C)C)P(OCCC#N)OC[C@H]1O[C@@H](n2cnc3c(/N=C\N(C)C)ncnc32)C[C@@H]1/N=C\N(C)C. The van der Waals surface area contributed by atoms with Crippen LogP contribution in [0.1, 0.15) is 46.8 Å². The summed E-state index contributed by atoms with van der Waals surface area (Å²) in [6, 6.07) is 2.41. The Balaban J connectivity index is 1.83. The van der Waals surface area contributed by atoms with Crippen molar-refractivity contribution in [2.24, 2.45) is 9.98 Å². The minimum absolute atomic E-state index is 0.148. The second kappa shape index (κ2) is 14.6. The summed E-state index contributed by atoms with van der Waals surface area (Å²) in [7, 11) is 6.26. The number of nitriles is 1. The minimum Gasteiger partial charge on any atom is -0.369 e. The molecule has 214 valence electrons.